The Labute approximate surface area is 67.6 Å². The summed E-state index contributed by atoms with van der Waals surface area (Å²) < 4.78 is 0. The van der Waals surface area contributed by atoms with Crippen LogP contribution in [0.3, 0.4) is 0 Å². The number of hydrogen-bond donors (Lipinski definition) is 1. The van der Waals surface area contributed by atoms with Gasteiger partial charge in [0.15, 0.2) is 0 Å². The van der Waals surface area contributed by atoms with Crippen molar-refractivity contribution in [2.75, 3.05) is 19.0 Å². The maximum atomic E-state index is 10.8. The molecule has 3 heteroatoms. The van der Waals surface area contributed by atoms with Gasteiger partial charge in [0.05, 0.1) is 0 Å². The second-order valence-electron chi connectivity index (χ2n) is 3.62. The van der Waals surface area contributed by atoms with Gasteiger partial charge in [-0.15, -0.1) is 0 Å². The molecule has 1 rings (SSSR count). The van der Waals surface area contributed by atoms with Gasteiger partial charge in [0, 0.05) is 0 Å². The minimum absolute atomic E-state index is 0.527. The molecule has 0 aromatic rings. The molecule has 64 valence electrons. The minimum atomic E-state index is -1.92. The molecule has 0 bridgehead atoms. The number of rotatable bonds is 1. The third-order valence-electron chi connectivity index (χ3n) is 2.49. The first-order chi connectivity index (χ1) is 5.04. The van der Waals surface area contributed by atoms with Crippen molar-refractivity contribution in [3.05, 3.63) is 11.6 Å². The van der Waals surface area contributed by atoms with E-state index in [0.717, 1.165) is 18.7 Å². The molecule has 0 fully saturated rings. The van der Waals surface area contributed by atoms with Crippen LogP contribution in [0.2, 0.25) is 0 Å². The maximum absolute atomic E-state index is 10.8. The molecule has 0 aromatic heterocycles. The summed E-state index contributed by atoms with van der Waals surface area (Å²) in [7, 11) is -1.92. The van der Waals surface area contributed by atoms with Gasteiger partial charge >= 0.3 is 66.9 Å². The van der Waals surface area contributed by atoms with Crippen LogP contribution in [0.25, 0.3) is 0 Å². The summed E-state index contributed by atoms with van der Waals surface area (Å²) in [6.07, 6.45) is 4.84. The van der Waals surface area contributed by atoms with Crippen molar-refractivity contribution in [3.8, 4) is 0 Å². The van der Waals surface area contributed by atoms with E-state index in [1.54, 1.807) is 0 Å². The van der Waals surface area contributed by atoms with Gasteiger partial charge in [-0.1, -0.05) is 0 Å². The van der Waals surface area contributed by atoms with E-state index < -0.39 is 13.0 Å². The molecule has 1 N–H and O–H groups in total. The topological polar surface area (TPSA) is 37.3 Å². The van der Waals surface area contributed by atoms with Crippen LogP contribution in [-0.2, 0) is 0 Å². The fourth-order valence-electron chi connectivity index (χ4n) is 1.27. The number of carboxylic acid groups (broad SMARTS) is 1. The number of allylic oxidation sites excluding steroid dienone is 2. The Balaban J connectivity index is 2.71. The average molecular weight is 174 g/mol. The molecule has 0 saturated heterocycles. The van der Waals surface area contributed by atoms with Gasteiger partial charge in [-0.25, -0.2) is 0 Å². The summed E-state index contributed by atoms with van der Waals surface area (Å²) in [5.41, 5.74) is 0.831. The molecule has 1 aliphatic rings. The van der Waals surface area contributed by atoms with E-state index >= 15 is 0 Å². The molecule has 0 radical (unpaired) electrons. The Kier molecular flexibility index (Phi) is 2.34. The van der Waals surface area contributed by atoms with Crippen molar-refractivity contribution < 1.29 is 9.90 Å². The molecule has 1 heterocycles. The van der Waals surface area contributed by atoms with Gasteiger partial charge in [0.25, 0.3) is 0 Å². The first kappa shape index (κ1) is 8.73. The van der Waals surface area contributed by atoms with E-state index in [1.165, 1.54) is 5.57 Å². The van der Waals surface area contributed by atoms with Crippen LogP contribution in [0.4, 0.5) is 4.79 Å². The van der Waals surface area contributed by atoms with Gasteiger partial charge < -0.3 is 0 Å². The molecule has 0 saturated carbocycles. The monoisotopic (exact) mass is 174 g/mol. The Morgan fingerprint density at radius 1 is 1.73 bits per heavy atom. The van der Waals surface area contributed by atoms with Gasteiger partial charge in [0.2, 0.25) is 0 Å². The first-order valence-electron chi connectivity index (χ1n) is 3.94. The molecule has 1 aliphatic heterocycles. The molecular formula is C8H15O2P. The van der Waals surface area contributed by atoms with E-state index in [1.807, 2.05) is 6.66 Å². The third-order valence-corrected chi connectivity index (χ3v) is 5.98. The summed E-state index contributed by atoms with van der Waals surface area (Å²) in [5.74, 6) is 0. The summed E-state index contributed by atoms with van der Waals surface area (Å²) in [5, 5.41) is 8.92. The van der Waals surface area contributed by atoms with Gasteiger partial charge in [-0.05, 0) is 0 Å². The van der Waals surface area contributed by atoms with Gasteiger partial charge in [0.1, 0.15) is 0 Å². The standard InChI is InChI=1S/C8H15O2P/c1-7-3-5-11(2,6-4-7)8(9)10/h3,11H,4-6H2,1-2H3,(H,9,10). The molecule has 11 heavy (non-hydrogen) atoms. The van der Waals surface area contributed by atoms with Crippen LogP contribution in [0.5, 0.6) is 0 Å². The molecule has 0 atom stereocenters. The van der Waals surface area contributed by atoms with Crippen molar-refractivity contribution in [1.29, 1.82) is 0 Å². The predicted molar refractivity (Wildman–Crippen MR) is 50.4 cm³/mol. The van der Waals surface area contributed by atoms with E-state index in [-0.39, 0.29) is 0 Å². The third kappa shape index (κ3) is 1.81. The van der Waals surface area contributed by atoms with E-state index in [2.05, 4.69) is 13.0 Å². The molecule has 0 amide bonds. The average Bonchev–Trinajstić information content (AvgIpc) is 1.95. The molecule has 0 unspecified atom stereocenters. The van der Waals surface area contributed by atoms with Crippen molar-refractivity contribution >= 4 is 13.0 Å². The normalized spacial score (nSPS) is 25.5. The summed E-state index contributed by atoms with van der Waals surface area (Å²) in [4.78, 5) is 10.8. The predicted octanol–water partition coefficient (Wildman–Crippen LogP) is 2.39. The van der Waals surface area contributed by atoms with Crippen LogP contribution in [0.15, 0.2) is 11.6 Å². The Hall–Kier alpha value is -0.360. The molecule has 0 aromatic carbocycles. The second-order valence-corrected chi connectivity index (χ2v) is 8.08. The first-order valence-corrected chi connectivity index (χ1v) is 6.85. The Bertz CT molecular complexity index is 210. The molecule has 0 spiro atoms. The molecular weight excluding hydrogens is 159 g/mol. The van der Waals surface area contributed by atoms with Crippen molar-refractivity contribution in [2.24, 2.45) is 0 Å². The van der Waals surface area contributed by atoms with Crippen LogP contribution < -0.4 is 0 Å². The zero-order chi connectivity index (χ0) is 8.48. The SMILES string of the molecule is CC1=CC[PH](C)(C(=O)O)CC1. The fourth-order valence-corrected chi connectivity index (χ4v) is 3.61. The molecule has 0 aliphatic carbocycles. The summed E-state index contributed by atoms with van der Waals surface area (Å²) in [6, 6.07) is 0. The quantitative estimate of drug-likeness (QED) is 0.489. The van der Waals surface area contributed by atoms with Crippen LogP contribution in [0, 0.1) is 0 Å². The zero-order valence-electron chi connectivity index (χ0n) is 7.05. The summed E-state index contributed by atoms with van der Waals surface area (Å²) in [6.45, 7) is 4.04. The Morgan fingerprint density at radius 2 is 2.36 bits per heavy atom. The van der Waals surface area contributed by atoms with Crippen LogP contribution >= 0.6 is 7.26 Å². The van der Waals surface area contributed by atoms with Gasteiger partial charge in [-0.2, -0.15) is 0 Å². The van der Waals surface area contributed by atoms with E-state index in [4.69, 9.17) is 5.11 Å². The number of carbonyl (C=O) groups is 1. The van der Waals surface area contributed by atoms with Gasteiger partial charge in [-0.3, -0.25) is 0 Å². The number of hydrogen-bond acceptors (Lipinski definition) is 1. The van der Waals surface area contributed by atoms with Crippen molar-refractivity contribution in [1.82, 2.24) is 0 Å². The Morgan fingerprint density at radius 3 is 2.73 bits per heavy atom. The fraction of sp³-hybridized carbons (Fsp3) is 0.625. The van der Waals surface area contributed by atoms with Crippen LogP contribution in [0.1, 0.15) is 13.3 Å². The van der Waals surface area contributed by atoms with Crippen molar-refractivity contribution in [3.63, 3.8) is 0 Å². The van der Waals surface area contributed by atoms with Crippen LogP contribution in [-0.4, -0.2) is 29.8 Å². The van der Waals surface area contributed by atoms with E-state index in [0.29, 0.717) is 0 Å². The molecule has 2 nitrogen and oxygen atoms in total. The summed E-state index contributed by atoms with van der Waals surface area (Å²) >= 11 is 0. The van der Waals surface area contributed by atoms with E-state index in [9.17, 15) is 4.79 Å². The second kappa shape index (κ2) is 2.94. The zero-order valence-corrected chi connectivity index (χ0v) is 8.05. The van der Waals surface area contributed by atoms with Crippen molar-refractivity contribution in [2.45, 2.75) is 13.3 Å².